The molecule has 21 heavy (non-hydrogen) atoms. The predicted molar refractivity (Wildman–Crippen MR) is 92.1 cm³/mol. The molecule has 116 valence electrons. The Morgan fingerprint density at radius 3 is 3.00 bits per heavy atom. The number of hydrogen-bond acceptors (Lipinski definition) is 4. The van der Waals surface area contributed by atoms with Crippen molar-refractivity contribution >= 4 is 40.6 Å². The number of nitrogens with zero attached hydrogens (tertiary/aromatic N) is 1. The first-order valence-corrected chi connectivity index (χ1v) is 8.60. The van der Waals surface area contributed by atoms with Gasteiger partial charge in [0, 0.05) is 42.2 Å². The van der Waals surface area contributed by atoms with Gasteiger partial charge in [-0.15, -0.1) is 0 Å². The van der Waals surface area contributed by atoms with Gasteiger partial charge in [-0.1, -0.05) is 18.5 Å². The fourth-order valence-electron chi connectivity index (χ4n) is 2.40. The van der Waals surface area contributed by atoms with Crippen molar-refractivity contribution in [2.45, 2.75) is 31.6 Å². The van der Waals surface area contributed by atoms with E-state index in [1.54, 1.807) is 18.2 Å². The quantitative estimate of drug-likeness (QED) is 0.834. The lowest BCUT2D eigenvalue weighted by Crippen LogP contribution is -2.45. The summed E-state index contributed by atoms with van der Waals surface area (Å²) < 4.78 is 0. The molecule has 6 heteroatoms. The van der Waals surface area contributed by atoms with Gasteiger partial charge in [0.05, 0.1) is 10.7 Å². The van der Waals surface area contributed by atoms with Crippen LogP contribution >= 0.6 is 23.4 Å². The van der Waals surface area contributed by atoms with E-state index in [-0.39, 0.29) is 5.91 Å². The Hall–Kier alpha value is -0.910. The van der Waals surface area contributed by atoms with Crippen molar-refractivity contribution in [2.75, 3.05) is 29.9 Å². The van der Waals surface area contributed by atoms with E-state index in [0.717, 1.165) is 18.8 Å². The number of nitrogen functional groups attached to an aromatic ring is 1. The van der Waals surface area contributed by atoms with Gasteiger partial charge in [-0.3, -0.25) is 9.69 Å². The van der Waals surface area contributed by atoms with Crippen LogP contribution in [-0.2, 0) is 4.79 Å². The normalized spacial score (nSPS) is 23.0. The third-order valence-corrected chi connectivity index (χ3v) is 5.60. The number of nitrogens with one attached hydrogen (secondary N) is 1. The second-order valence-corrected chi connectivity index (χ2v) is 7.28. The summed E-state index contributed by atoms with van der Waals surface area (Å²) in [6, 6.07) is 5.65. The standard InChI is InChI=1S/C15H22ClN3OS/c1-10-11(2)21-8-7-19(10)6-5-15(20)18-12-3-4-13(16)14(17)9-12/h3-4,9-11H,5-8,17H2,1-2H3,(H,18,20). The number of nitrogens with two attached hydrogens (primary N) is 1. The molecule has 1 fully saturated rings. The molecule has 0 saturated carbocycles. The third kappa shape index (κ3) is 4.53. The molecule has 1 aliphatic heterocycles. The maximum Gasteiger partial charge on any atom is 0.225 e. The molecule has 1 heterocycles. The van der Waals surface area contributed by atoms with Crippen LogP contribution in [0, 0.1) is 0 Å². The van der Waals surface area contributed by atoms with Crippen molar-refractivity contribution < 1.29 is 4.79 Å². The Kier molecular flexibility index (Phi) is 5.79. The molecular formula is C15H22ClN3OS. The third-order valence-electron chi connectivity index (χ3n) is 3.92. The first kappa shape index (κ1) is 16.5. The molecule has 2 atom stereocenters. The molecule has 0 bridgehead atoms. The highest BCUT2D eigenvalue weighted by Crippen LogP contribution is 2.25. The van der Waals surface area contributed by atoms with Crippen molar-refractivity contribution in [3.63, 3.8) is 0 Å². The van der Waals surface area contributed by atoms with Gasteiger partial charge in [-0.25, -0.2) is 0 Å². The number of amides is 1. The summed E-state index contributed by atoms with van der Waals surface area (Å²) in [7, 11) is 0. The van der Waals surface area contributed by atoms with Gasteiger partial charge in [-0.2, -0.15) is 11.8 Å². The highest BCUT2D eigenvalue weighted by atomic mass is 35.5. The number of thioether (sulfide) groups is 1. The van der Waals surface area contributed by atoms with E-state index in [2.05, 4.69) is 24.1 Å². The first-order chi connectivity index (χ1) is 9.97. The molecule has 0 aliphatic carbocycles. The molecule has 0 aromatic heterocycles. The average Bonchev–Trinajstić information content (AvgIpc) is 2.44. The molecule has 1 saturated heterocycles. The first-order valence-electron chi connectivity index (χ1n) is 7.18. The van der Waals surface area contributed by atoms with E-state index in [1.807, 2.05) is 11.8 Å². The fourth-order valence-corrected chi connectivity index (χ4v) is 3.68. The van der Waals surface area contributed by atoms with E-state index in [0.29, 0.717) is 34.1 Å². The van der Waals surface area contributed by atoms with Gasteiger partial charge in [0.15, 0.2) is 0 Å². The highest BCUT2D eigenvalue weighted by molar-refractivity contribution is 8.00. The summed E-state index contributed by atoms with van der Waals surface area (Å²) >= 11 is 7.86. The second kappa shape index (κ2) is 7.38. The molecule has 2 unspecified atom stereocenters. The smallest absolute Gasteiger partial charge is 0.225 e. The Bertz CT molecular complexity index is 512. The second-order valence-electron chi connectivity index (χ2n) is 5.39. The lowest BCUT2D eigenvalue weighted by molar-refractivity contribution is -0.116. The summed E-state index contributed by atoms with van der Waals surface area (Å²) in [5, 5.41) is 3.99. The van der Waals surface area contributed by atoms with Gasteiger partial charge in [-0.05, 0) is 25.1 Å². The van der Waals surface area contributed by atoms with Gasteiger partial charge in [0.1, 0.15) is 0 Å². The van der Waals surface area contributed by atoms with E-state index in [1.165, 1.54) is 0 Å². The molecule has 1 aliphatic rings. The number of hydrogen-bond donors (Lipinski definition) is 2. The summed E-state index contributed by atoms with van der Waals surface area (Å²) in [6.45, 7) is 6.32. The maximum absolute atomic E-state index is 12.0. The molecule has 1 aromatic carbocycles. The Labute approximate surface area is 135 Å². The van der Waals surface area contributed by atoms with Gasteiger partial charge in [0.2, 0.25) is 5.91 Å². The molecular weight excluding hydrogens is 306 g/mol. The zero-order valence-electron chi connectivity index (χ0n) is 12.4. The van der Waals surface area contributed by atoms with E-state index in [9.17, 15) is 4.79 Å². The van der Waals surface area contributed by atoms with Crippen LogP contribution in [-0.4, -0.2) is 40.9 Å². The maximum atomic E-state index is 12.0. The molecule has 1 amide bonds. The minimum Gasteiger partial charge on any atom is -0.397 e. The highest BCUT2D eigenvalue weighted by Gasteiger charge is 2.25. The average molecular weight is 328 g/mol. The monoisotopic (exact) mass is 327 g/mol. The number of carbonyl (C=O) groups excluding carboxylic acids is 1. The van der Waals surface area contributed by atoms with E-state index >= 15 is 0 Å². The molecule has 4 nitrogen and oxygen atoms in total. The SMILES string of the molecule is CC1SCCN(CCC(=O)Nc2ccc(Cl)c(N)c2)C1C. The number of carbonyl (C=O) groups is 1. The summed E-state index contributed by atoms with van der Waals surface area (Å²) in [4.78, 5) is 14.4. The van der Waals surface area contributed by atoms with Crippen molar-refractivity contribution in [1.82, 2.24) is 4.90 Å². The Balaban J connectivity index is 1.83. The van der Waals surface area contributed by atoms with Crippen LogP contribution in [0.3, 0.4) is 0 Å². The van der Waals surface area contributed by atoms with E-state index < -0.39 is 0 Å². The zero-order chi connectivity index (χ0) is 15.4. The topological polar surface area (TPSA) is 58.4 Å². The zero-order valence-corrected chi connectivity index (χ0v) is 14.0. The van der Waals surface area contributed by atoms with Crippen molar-refractivity contribution in [1.29, 1.82) is 0 Å². The van der Waals surface area contributed by atoms with Crippen LogP contribution in [0.25, 0.3) is 0 Å². The van der Waals surface area contributed by atoms with E-state index in [4.69, 9.17) is 17.3 Å². The van der Waals surface area contributed by atoms with Crippen molar-refractivity contribution in [2.24, 2.45) is 0 Å². The van der Waals surface area contributed by atoms with Crippen LogP contribution in [0.4, 0.5) is 11.4 Å². The molecule has 0 spiro atoms. The van der Waals surface area contributed by atoms with Crippen LogP contribution in [0.5, 0.6) is 0 Å². The van der Waals surface area contributed by atoms with Crippen molar-refractivity contribution in [3.8, 4) is 0 Å². The lowest BCUT2D eigenvalue weighted by Gasteiger charge is -2.37. The Morgan fingerprint density at radius 2 is 2.29 bits per heavy atom. The summed E-state index contributed by atoms with van der Waals surface area (Å²) in [5.74, 6) is 1.15. The molecule has 1 aromatic rings. The predicted octanol–water partition coefficient (Wildman–Crippen LogP) is 3.08. The van der Waals surface area contributed by atoms with Crippen LogP contribution in [0.15, 0.2) is 18.2 Å². The Morgan fingerprint density at radius 1 is 1.52 bits per heavy atom. The number of anilines is 2. The van der Waals surface area contributed by atoms with Gasteiger partial charge in [0.25, 0.3) is 0 Å². The number of rotatable bonds is 4. The summed E-state index contributed by atoms with van der Waals surface area (Å²) in [5.41, 5.74) is 6.90. The lowest BCUT2D eigenvalue weighted by atomic mass is 10.2. The van der Waals surface area contributed by atoms with Gasteiger partial charge >= 0.3 is 0 Å². The van der Waals surface area contributed by atoms with Gasteiger partial charge < -0.3 is 11.1 Å². The number of benzene rings is 1. The van der Waals surface area contributed by atoms with Crippen LogP contribution in [0.2, 0.25) is 5.02 Å². The fraction of sp³-hybridized carbons (Fsp3) is 0.533. The minimum atomic E-state index is 0.00908. The van der Waals surface area contributed by atoms with Crippen LogP contribution in [0.1, 0.15) is 20.3 Å². The summed E-state index contributed by atoms with van der Waals surface area (Å²) in [6.07, 6.45) is 0.490. The minimum absolute atomic E-state index is 0.00908. The molecule has 3 N–H and O–H groups in total. The largest absolute Gasteiger partial charge is 0.397 e. The molecule has 2 rings (SSSR count). The molecule has 0 radical (unpaired) electrons. The number of halogens is 1. The van der Waals surface area contributed by atoms with Crippen LogP contribution < -0.4 is 11.1 Å². The van der Waals surface area contributed by atoms with Crippen molar-refractivity contribution in [3.05, 3.63) is 23.2 Å².